The van der Waals surface area contributed by atoms with E-state index >= 15 is 0 Å². The van der Waals surface area contributed by atoms with Crippen molar-refractivity contribution in [1.29, 1.82) is 0 Å². The number of nitrogens with one attached hydrogen (secondary N) is 5. The highest BCUT2D eigenvalue weighted by atomic mass is 35.5. The number of halogens is 1. The highest BCUT2D eigenvalue weighted by molar-refractivity contribution is 6.31. The van der Waals surface area contributed by atoms with Crippen molar-refractivity contribution in [3.8, 4) is 0 Å². The minimum Gasteiger partial charge on any atom is -0.481 e. The standard InChI is InChI=1S/C65H98ClN5O16/c1-40(2)36-52-63(81)87-55(14-12-15-57(75)69-51(38-47-19-18-42(5)50(66)37-47)62(80)68-45(8)65(9,10)64(82)70-52)44(7)61(79)43(6)48-23-20-46(21-24-48)22-26-53(72)49(39-54(73)60(41(3)4)71-58(76)16-13-17-59(77)78)25-27-56(74)67-28-29-84-32-33-86-35-34-85-31-30-83-11/h12,15,18-21,23-24,37,40-41,43-45,49,51-52,55,60-61,79H,13-14,16-17,22,25-36,38-39H2,1-11H3,(H,67,74)(H,68,80)(H,69,75)(H,70,82)(H,71,76)(H,77,78)/b15-12+/t43-,44+,45+,49-,51-,52+,55+,60+,61+/m1/s1. The lowest BCUT2D eigenvalue weighted by Crippen LogP contribution is -2.58. The van der Waals surface area contributed by atoms with Gasteiger partial charge in [0.25, 0.3) is 0 Å². The lowest BCUT2D eigenvalue weighted by atomic mass is 9.83. The molecule has 3 rings (SSSR count). The lowest BCUT2D eigenvalue weighted by Gasteiger charge is -2.35. The Morgan fingerprint density at radius 2 is 1.41 bits per heavy atom. The van der Waals surface area contributed by atoms with Crippen LogP contribution in [-0.4, -0.2) is 160 Å². The van der Waals surface area contributed by atoms with Crippen LogP contribution in [0.15, 0.2) is 54.6 Å². The number of aliphatic carboxylic acids is 1. The summed E-state index contributed by atoms with van der Waals surface area (Å²) in [6, 6.07) is 8.88. The monoisotopic (exact) mass is 1240 g/mol. The van der Waals surface area contributed by atoms with Crippen molar-refractivity contribution in [2.45, 2.75) is 182 Å². The minimum atomic E-state index is -1.24. The van der Waals surface area contributed by atoms with Crippen molar-refractivity contribution in [2.75, 3.05) is 59.9 Å². The van der Waals surface area contributed by atoms with Gasteiger partial charge in [0.1, 0.15) is 24.0 Å². The number of carboxylic acids is 1. The number of esters is 1. The highest BCUT2D eigenvalue weighted by Crippen LogP contribution is 2.31. The summed E-state index contributed by atoms with van der Waals surface area (Å²) in [5.74, 6) is -7.33. The van der Waals surface area contributed by atoms with Crippen molar-refractivity contribution in [2.24, 2.45) is 29.1 Å². The Labute approximate surface area is 519 Å². The molecule has 22 heteroatoms. The van der Waals surface area contributed by atoms with Gasteiger partial charge in [-0.05, 0) is 99.6 Å². The number of hydrogen-bond acceptors (Lipinski definition) is 15. The number of cyclic esters (lactones) is 1. The van der Waals surface area contributed by atoms with E-state index in [9.17, 15) is 48.3 Å². The van der Waals surface area contributed by atoms with Crippen molar-refractivity contribution in [1.82, 2.24) is 26.6 Å². The summed E-state index contributed by atoms with van der Waals surface area (Å²) in [4.78, 5) is 121. The van der Waals surface area contributed by atoms with Gasteiger partial charge in [-0.3, -0.25) is 38.4 Å². The molecule has 0 spiro atoms. The van der Waals surface area contributed by atoms with Crippen LogP contribution in [0.5, 0.6) is 0 Å². The van der Waals surface area contributed by atoms with E-state index in [0.717, 1.165) is 16.7 Å². The van der Waals surface area contributed by atoms with Crippen molar-refractivity contribution in [3.63, 3.8) is 0 Å². The zero-order chi connectivity index (χ0) is 64.8. The molecule has 1 aliphatic rings. The van der Waals surface area contributed by atoms with Gasteiger partial charge in [-0.1, -0.05) is 95.6 Å². The smallest absolute Gasteiger partial charge is 0.328 e. The average Bonchev–Trinajstić information content (AvgIpc) is 3.24. The number of aliphatic hydroxyl groups excluding tert-OH is 1. The summed E-state index contributed by atoms with van der Waals surface area (Å²) in [6.45, 7) is 20.6. The zero-order valence-electron chi connectivity index (χ0n) is 53.0. The molecule has 2 aromatic carbocycles. The number of hydrogen-bond donors (Lipinski definition) is 7. The Balaban J connectivity index is 1.80. The predicted molar refractivity (Wildman–Crippen MR) is 330 cm³/mol. The Bertz CT molecular complexity index is 2580. The lowest BCUT2D eigenvalue weighted by molar-refractivity contribution is -0.159. The van der Waals surface area contributed by atoms with Gasteiger partial charge in [-0.2, -0.15) is 0 Å². The third-order valence-electron chi connectivity index (χ3n) is 15.8. The van der Waals surface area contributed by atoms with Crippen LogP contribution in [0.1, 0.15) is 148 Å². The average molecular weight is 1240 g/mol. The van der Waals surface area contributed by atoms with Gasteiger partial charge >= 0.3 is 11.9 Å². The number of carbonyl (C=O) groups excluding carboxylic acids is 8. The van der Waals surface area contributed by atoms with Crippen LogP contribution >= 0.6 is 11.6 Å². The van der Waals surface area contributed by atoms with Gasteiger partial charge in [0.2, 0.25) is 29.5 Å². The molecule has 0 fully saturated rings. The minimum absolute atomic E-state index is 0.00971. The number of amides is 5. The van der Waals surface area contributed by atoms with E-state index in [2.05, 4.69) is 26.6 Å². The molecule has 0 saturated carbocycles. The first-order chi connectivity index (χ1) is 41.1. The second kappa shape index (κ2) is 39.0. The molecule has 87 heavy (non-hydrogen) atoms. The second-order valence-electron chi connectivity index (χ2n) is 24.0. The van der Waals surface area contributed by atoms with E-state index < -0.39 is 95.1 Å². The fourth-order valence-electron chi connectivity index (χ4n) is 9.74. The second-order valence-corrected chi connectivity index (χ2v) is 24.4. The Morgan fingerprint density at radius 1 is 0.782 bits per heavy atom. The number of methoxy groups -OCH3 is 1. The third kappa shape index (κ3) is 27.5. The SMILES string of the molecule is COCCOCCOCCOCCNC(=O)CC[C@H](CC(=O)[C@@H](NC(=O)CCCC(=O)O)C(C)C)C(=O)CCc1ccc([C@@H](C)[C@H](O)[C@@H](C)[C@@H]2C/C=C/C(=O)N[C@H](Cc3ccc(C)c(Cl)c3)C(=O)N[C@@H](C)C(C)(C)C(=O)N[C@@H](CC(C)C)C(=O)O2)cc1. The van der Waals surface area contributed by atoms with Gasteiger partial charge in [0, 0.05) is 87.4 Å². The van der Waals surface area contributed by atoms with Crippen molar-refractivity contribution >= 4 is 64.6 Å². The van der Waals surface area contributed by atoms with E-state index in [0.29, 0.717) is 50.2 Å². The molecule has 7 N–H and O–H groups in total. The molecule has 1 heterocycles. The van der Waals surface area contributed by atoms with Gasteiger partial charge in [0.15, 0.2) is 5.78 Å². The highest BCUT2D eigenvalue weighted by Gasteiger charge is 2.40. The number of aryl methyl sites for hydroxylation is 2. The molecule has 0 aliphatic carbocycles. The predicted octanol–water partition coefficient (Wildman–Crippen LogP) is 6.48. The van der Waals surface area contributed by atoms with Crippen molar-refractivity contribution in [3.05, 3.63) is 81.9 Å². The molecule has 0 aromatic heterocycles. The van der Waals surface area contributed by atoms with E-state index in [1.165, 1.54) is 12.2 Å². The molecule has 0 unspecified atom stereocenters. The van der Waals surface area contributed by atoms with E-state index in [-0.39, 0.29) is 113 Å². The van der Waals surface area contributed by atoms with Crippen molar-refractivity contribution < 1.29 is 77.0 Å². The number of Topliss-reactive ketones (excluding diaryl/α,β-unsaturated/α-hetero) is 2. The summed E-state index contributed by atoms with van der Waals surface area (Å²) >= 11 is 6.43. The zero-order valence-corrected chi connectivity index (χ0v) is 53.7. The molecule has 0 radical (unpaired) electrons. The van der Waals surface area contributed by atoms with Crippen LogP contribution in [0.4, 0.5) is 0 Å². The maximum atomic E-state index is 14.2. The number of ketones is 2. The number of aliphatic hydroxyl groups is 1. The first-order valence-electron chi connectivity index (χ1n) is 30.5. The quantitative estimate of drug-likeness (QED) is 0.0284. The largest absolute Gasteiger partial charge is 0.481 e. The van der Waals surface area contributed by atoms with Gasteiger partial charge in [-0.15, -0.1) is 0 Å². The topological polar surface area (TPSA) is 300 Å². The number of rotatable bonds is 36. The van der Waals surface area contributed by atoms with Crippen LogP contribution in [0.2, 0.25) is 5.02 Å². The molecule has 9 atom stereocenters. The maximum absolute atomic E-state index is 14.2. The number of carbonyl (C=O) groups is 9. The molecule has 5 amide bonds. The Morgan fingerprint density at radius 3 is 2.02 bits per heavy atom. The fraction of sp³-hybridized carbons (Fsp3) is 0.646. The molecule has 0 saturated heterocycles. The van der Waals surface area contributed by atoms with E-state index in [1.54, 1.807) is 54.7 Å². The summed E-state index contributed by atoms with van der Waals surface area (Å²) < 4.78 is 27.5. The van der Waals surface area contributed by atoms with Gasteiger partial charge < -0.3 is 60.5 Å². The first kappa shape index (κ1) is 75.2. The molecular weight excluding hydrogens is 1140 g/mol. The van der Waals surface area contributed by atoms with Gasteiger partial charge in [0.05, 0.1) is 63.8 Å². The van der Waals surface area contributed by atoms with Crippen LogP contribution < -0.4 is 26.6 Å². The van der Waals surface area contributed by atoms with Crippen LogP contribution in [0.3, 0.4) is 0 Å². The Kier molecular flexibility index (Phi) is 33.7. The summed E-state index contributed by atoms with van der Waals surface area (Å²) in [7, 11) is 1.59. The van der Waals surface area contributed by atoms with Crippen LogP contribution in [0.25, 0.3) is 0 Å². The molecule has 1 aliphatic heterocycles. The maximum Gasteiger partial charge on any atom is 0.328 e. The molecule has 21 nitrogen and oxygen atoms in total. The number of benzene rings is 2. The first-order valence-corrected chi connectivity index (χ1v) is 30.9. The third-order valence-corrected chi connectivity index (χ3v) is 16.2. The number of ether oxygens (including phenoxy) is 5. The molecular formula is C65H98ClN5O16. The molecule has 0 bridgehead atoms. The summed E-state index contributed by atoms with van der Waals surface area (Å²) in [6.07, 6.45) is 0.900. The normalized spacial score (nSPS) is 19.8. The summed E-state index contributed by atoms with van der Waals surface area (Å²) in [5, 5.41) is 35.7. The molecule has 486 valence electrons. The van der Waals surface area contributed by atoms with E-state index in [4.69, 9.17) is 40.4 Å². The number of carboxylic acid groups (broad SMARTS) is 1. The van der Waals surface area contributed by atoms with Crippen LogP contribution in [0, 0.1) is 36.0 Å². The molecule has 2 aromatic rings. The summed E-state index contributed by atoms with van der Waals surface area (Å²) in [5.41, 5.74) is 1.83. The van der Waals surface area contributed by atoms with E-state index in [1.807, 2.05) is 64.1 Å². The Hall–Kier alpha value is -6.10. The fourth-order valence-corrected chi connectivity index (χ4v) is 9.95. The van der Waals surface area contributed by atoms with Gasteiger partial charge in [-0.25, -0.2) is 4.79 Å². The van der Waals surface area contributed by atoms with Crippen LogP contribution in [-0.2, 0) is 79.7 Å².